The number of fused-ring (bicyclic) bond motifs is 2. The zero-order valence-electron chi connectivity index (χ0n) is 18.0. The molecule has 1 amide bonds. The number of carbonyl (C=O) groups excluding carboxylic acids is 4. The molecule has 4 rings (SSSR count). The summed E-state index contributed by atoms with van der Waals surface area (Å²) in [5.41, 5.74) is 1.22. The number of halogens is 1. The topological polar surface area (TPSA) is 80.8 Å². The first-order valence-corrected chi connectivity index (χ1v) is 10.7. The van der Waals surface area contributed by atoms with Gasteiger partial charge in [-0.05, 0) is 38.1 Å². The quantitative estimate of drug-likeness (QED) is 0.402. The van der Waals surface area contributed by atoms with Crippen molar-refractivity contribution in [2.75, 3.05) is 11.5 Å². The molecule has 0 N–H and O–H groups in total. The normalized spacial score (nSPS) is 12.2. The molecule has 0 fully saturated rings. The molecule has 0 aliphatic heterocycles. The maximum Gasteiger partial charge on any atom is 0.340 e. The van der Waals surface area contributed by atoms with Gasteiger partial charge in [0.1, 0.15) is 0 Å². The fourth-order valence-electron chi connectivity index (χ4n) is 3.90. The number of nitrogens with zero attached hydrogens (tertiary/aromatic N) is 1. The maximum absolute atomic E-state index is 13.0. The molecule has 1 aliphatic rings. The molecule has 0 spiro atoms. The molecule has 7 heteroatoms. The fourth-order valence-corrected chi connectivity index (χ4v) is 4.22. The average molecular weight is 462 g/mol. The van der Waals surface area contributed by atoms with Crippen LogP contribution >= 0.6 is 11.6 Å². The Labute approximate surface area is 195 Å². The summed E-state index contributed by atoms with van der Waals surface area (Å²) in [5, 5.41) is -0.165. The molecule has 0 saturated heterocycles. The number of anilines is 1. The molecule has 0 saturated carbocycles. The molecule has 0 heterocycles. The summed E-state index contributed by atoms with van der Waals surface area (Å²) < 4.78 is 5.24. The van der Waals surface area contributed by atoms with Crippen LogP contribution in [0.3, 0.4) is 0 Å². The SMILES string of the molecule is CC(C)N(C(=O)COC(=O)c1ccc2c(c1Cl)C(=O)c1ccccc1C2=O)c1ccccc1. The van der Waals surface area contributed by atoms with Crippen LogP contribution in [0, 0.1) is 0 Å². The summed E-state index contributed by atoms with van der Waals surface area (Å²) in [5.74, 6) is -2.04. The number of esters is 1. The number of carbonyl (C=O) groups is 4. The lowest BCUT2D eigenvalue weighted by Gasteiger charge is -2.26. The Morgan fingerprint density at radius 3 is 2.09 bits per heavy atom. The van der Waals surface area contributed by atoms with Crippen molar-refractivity contribution in [3.05, 3.63) is 99.6 Å². The average Bonchev–Trinajstić information content (AvgIpc) is 2.81. The molecule has 6 nitrogen and oxygen atoms in total. The van der Waals surface area contributed by atoms with Crippen LogP contribution in [0.4, 0.5) is 5.69 Å². The van der Waals surface area contributed by atoms with Crippen molar-refractivity contribution in [3.8, 4) is 0 Å². The van der Waals surface area contributed by atoms with Gasteiger partial charge in [-0.25, -0.2) is 4.79 Å². The lowest BCUT2D eigenvalue weighted by Crippen LogP contribution is -2.39. The molecule has 166 valence electrons. The highest BCUT2D eigenvalue weighted by Crippen LogP contribution is 2.34. The molecule has 0 unspecified atom stereocenters. The molecule has 33 heavy (non-hydrogen) atoms. The van der Waals surface area contributed by atoms with E-state index in [0.717, 1.165) is 0 Å². The second-order valence-electron chi connectivity index (χ2n) is 7.82. The Morgan fingerprint density at radius 1 is 0.848 bits per heavy atom. The monoisotopic (exact) mass is 461 g/mol. The maximum atomic E-state index is 13.0. The van der Waals surface area contributed by atoms with Crippen LogP contribution in [0.5, 0.6) is 0 Å². The van der Waals surface area contributed by atoms with E-state index in [4.69, 9.17) is 16.3 Å². The van der Waals surface area contributed by atoms with Gasteiger partial charge >= 0.3 is 5.97 Å². The molecule has 0 aromatic heterocycles. The molecule has 0 bridgehead atoms. The number of amides is 1. The molecule has 0 radical (unpaired) electrons. The number of para-hydroxylation sites is 1. The summed E-state index contributed by atoms with van der Waals surface area (Å²) >= 11 is 6.40. The van der Waals surface area contributed by atoms with Gasteiger partial charge in [0, 0.05) is 28.4 Å². The van der Waals surface area contributed by atoms with E-state index in [-0.39, 0.29) is 39.1 Å². The van der Waals surface area contributed by atoms with E-state index in [2.05, 4.69) is 0 Å². The Balaban J connectivity index is 1.57. The van der Waals surface area contributed by atoms with Crippen molar-refractivity contribution in [2.24, 2.45) is 0 Å². The third-order valence-electron chi connectivity index (χ3n) is 5.40. The molecule has 3 aromatic rings. The van der Waals surface area contributed by atoms with Crippen LogP contribution in [-0.4, -0.2) is 36.1 Å². The summed E-state index contributed by atoms with van der Waals surface area (Å²) in [6.07, 6.45) is 0. The number of hydrogen-bond acceptors (Lipinski definition) is 5. The minimum absolute atomic E-state index is 0.0331. The first-order valence-electron chi connectivity index (χ1n) is 10.4. The standard InChI is InChI=1S/C26H20ClNO5/c1-15(2)28(16-8-4-3-5-9-16)21(29)14-33-26(32)20-13-12-19-22(23(20)27)25(31)18-11-7-6-10-17(18)24(19)30/h3-13,15H,14H2,1-2H3. The van der Waals surface area contributed by atoms with E-state index in [1.807, 2.05) is 32.0 Å². The summed E-state index contributed by atoms with van der Waals surface area (Å²) in [6.45, 7) is 3.20. The molecule has 1 aliphatic carbocycles. The second kappa shape index (κ2) is 9.00. The van der Waals surface area contributed by atoms with Crippen molar-refractivity contribution in [1.82, 2.24) is 0 Å². The lowest BCUT2D eigenvalue weighted by atomic mass is 9.83. The van der Waals surface area contributed by atoms with E-state index in [1.165, 1.54) is 17.0 Å². The highest BCUT2D eigenvalue weighted by atomic mass is 35.5. The van der Waals surface area contributed by atoms with Crippen molar-refractivity contribution >= 4 is 40.7 Å². The van der Waals surface area contributed by atoms with Crippen molar-refractivity contribution in [2.45, 2.75) is 19.9 Å². The molecule has 3 aromatic carbocycles. The number of rotatable bonds is 5. The first kappa shape index (κ1) is 22.4. The predicted molar refractivity (Wildman–Crippen MR) is 124 cm³/mol. The van der Waals surface area contributed by atoms with Gasteiger partial charge in [-0.1, -0.05) is 54.1 Å². The summed E-state index contributed by atoms with van der Waals surface area (Å²) in [4.78, 5) is 52.8. The van der Waals surface area contributed by atoms with Crippen LogP contribution in [0.1, 0.15) is 56.0 Å². The van der Waals surface area contributed by atoms with Crippen LogP contribution in [0.25, 0.3) is 0 Å². The van der Waals surface area contributed by atoms with Gasteiger partial charge in [0.15, 0.2) is 18.2 Å². The highest BCUT2D eigenvalue weighted by Gasteiger charge is 2.33. The third-order valence-corrected chi connectivity index (χ3v) is 5.79. The molecular weight excluding hydrogens is 442 g/mol. The van der Waals surface area contributed by atoms with Crippen LogP contribution in [-0.2, 0) is 9.53 Å². The lowest BCUT2D eigenvalue weighted by molar-refractivity contribution is -0.122. The van der Waals surface area contributed by atoms with Gasteiger partial charge in [-0.2, -0.15) is 0 Å². The zero-order valence-corrected chi connectivity index (χ0v) is 18.8. The highest BCUT2D eigenvalue weighted by molar-refractivity contribution is 6.41. The minimum atomic E-state index is -0.855. The van der Waals surface area contributed by atoms with Gasteiger partial charge in [-0.3, -0.25) is 14.4 Å². The van der Waals surface area contributed by atoms with Crippen LogP contribution in [0.15, 0.2) is 66.7 Å². The summed E-state index contributed by atoms with van der Waals surface area (Å²) in [7, 11) is 0. The Kier molecular flexibility index (Phi) is 6.11. The van der Waals surface area contributed by atoms with Crippen molar-refractivity contribution in [3.63, 3.8) is 0 Å². The molecular formula is C26H20ClNO5. The number of ketones is 2. The largest absolute Gasteiger partial charge is 0.452 e. The Hall–Kier alpha value is -3.77. The van der Waals surface area contributed by atoms with E-state index >= 15 is 0 Å². The minimum Gasteiger partial charge on any atom is -0.452 e. The van der Waals surface area contributed by atoms with Crippen molar-refractivity contribution in [1.29, 1.82) is 0 Å². The van der Waals surface area contributed by atoms with Gasteiger partial charge in [-0.15, -0.1) is 0 Å². The smallest absolute Gasteiger partial charge is 0.340 e. The number of ether oxygens (including phenoxy) is 1. The Bertz CT molecular complexity index is 1280. The predicted octanol–water partition coefficient (Wildman–Crippen LogP) is 4.71. The van der Waals surface area contributed by atoms with Gasteiger partial charge < -0.3 is 9.64 Å². The van der Waals surface area contributed by atoms with Gasteiger partial charge in [0.25, 0.3) is 5.91 Å². The molecule has 0 atom stereocenters. The number of hydrogen-bond donors (Lipinski definition) is 0. The van der Waals surface area contributed by atoms with E-state index in [9.17, 15) is 19.2 Å². The first-order chi connectivity index (χ1) is 15.8. The zero-order chi connectivity index (χ0) is 23.7. The van der Waals surface area contributed by atoms with Crippen LogP contribution in [0.2, 0.25) is 5.02 Å². The van der Waals surface area contributed by atoms with Gasteiger partial charge in [0.05, 0.1) is 16.1 Å². The van der Waals surface area contributed by atoms with Crippen molar-refractivity contribution < 1.29 is 23.9 Å². The van der Waals surface area contributed by atoms with E-state index in [0.29, 0.717) is 11.3 Å². The fraction of sp³-hybridized carbons (Fsp3) is 0.154. The van der Waals surface area contributed by atoms with E-state index in [1.54, 1.807) is 36.4 Å². The number of benzene rings is 3. The van der Waals surface area contributed by atoms with Crippen LogP contribution < -0.4 is 4.90 Å². The van der Waals surface area contributed by atoms with E-state index < -0.39 is 24.3 Å². The van der Waals surface area contributed by atoms with Gasteiger partial charge in [0.2, 0.25) is 0 Å². The summed E-state index contributed by atoms with van der Waals surface area (Å²) in [6, 6.07) is 18.1. The third kappa shape index (κ3) is 4.05. The Morgan fingerprint density at radius 2 is 1.45 bits per heavy atom. The second-order valence-corrected chi connectivity index (χ2v) is 8.20.